The van der Waals surface area contributed by atoms with Crippen LogP contribution in [-0.2, 0) is 23.1 Å². The summed E-state index contributed by atoms with van der Waals surface area (Å²) in [4.78, 5) is 21.9. The standard InChI is InChI=1S/C14H14BrNO4/c1-16-7-9(4-8(14(19)20)5-13(17)18)11-6-10(15)2-3-12(11)16/h2-3,6-8H,4-5H2,1H3,(H,17,18)(H,19,20)/t8-/m0/s1. The van der Waals surface area contributed by atoms with E-state index < -0.39 is 17.9 Å². The maximum atomic E-state index is 11.2. The highest BCUT2D eigenvalue weighted by molar-refractivity contribution is 9.10. The van der Waals surface area contributed by atoms with Crippen LogP contribution >= 0.6 is 15.9 Å². The molecule has 0 amide bonds. The third-order valence-electron chi connectivity index (χ3n) is 3.27. The Morgan fingerprint density at radius 2 is 2.05 bits per heavy atom. The van der Waals surface area contributed by atoms with E-state index in [2.05, 4.69) is 15.9 Å². The van der Waals surface area contributed by atoms with Gasteiger partial charge in [-0.1, -0.05) is 15.9 Å². The van der Waals surface area contributed by atoms with Crippen LogP contribution in [0.3, 0.4) is 0 Å². The molecule has 0 bridgehead atoms. The molecule has 2 aromatic rings. The lowest BCUT2D eigenvalue weighted by Crippen LogP contribution is -2.20. The topological polar surface area (TPSA) is 79.5 Å². The molecule has 0 aliphatic rings. The number of aryl methyl sites for hydroxylation is 1. The van der Waals surface area contributed by atoms with Crippen molar-refractivity contribution in [3.63, 3.8) is 0 Å². The van der Waals surface area contributed by atoms with Gasteiger partial charge in [-0.2, -0.15) is 0 Å². The number of hydrogen-bond acceptors (Lipinski definition) is 2. The molecule has 0 aliphatic heterocycles. The molecule has 6 heteroatoms. The molecule has 0 radical (unpaired) electrons. The predicted octanol–water partition coefficient (Wildman–Crippen LogP) is 2.66. The minimum Gasteiger partial charge on any atom is -0.481 e. The third kappa shape index (κ3) is 3.01. The number of aliphatic carboxylic acids is 2. The summed E-state index contributed by atoms with van der Waals surface area (Å²) < 4.78 is 2.82. The van der Waals surface area contributed by atoms with Gasteiger partial charge in [-0.3, -0.25) is 9.59 Å². The minimum atomic E-state index is -1.10. The fraction of sp³-hybridized carbons (Fsp3) is 0.286. The number of aromatic nitrogens is 1. The van der Waals surface area contributed by atoms with Crippen molar-refractivity contribution in [2.75, 3.05) is 0 Å². The van der Waals surface area contributed by atoms with E-state index in [0.717, 1.165) is 20.9 Å². The summed E-state index contributed by atoms with van der Waals surface area (Å²) in [6.07, 6.45) is 1.68. The molecule has 1 aromatic heterocycles. The number of benzene rings is 1. The molecule has 5 nitrogen and oxygen atoms in total. The van der Waals surface area contributed by atoms with E-state index in [9.17, 15) is 9.59 Å². The average molecular weight is 340 g/mol. The quantitative estimate of drug-likeness (QED) is 0.877. The lowest BCUT2D eigenvalue weighted by molar-refractivity contribution is -0.148. The molecule has 2 N–H and O–H groups in total. The Morgan fingerprint density at radius 3 is 2.65 bits per heavy atom. The van der Waals surface area contributed by atoms with Gasteiger partial charge in [-0.25, -0.2) is 0 Å². The van der Waals surface area contributed by atoms with E-state index in [0.29, 0.717) is 0 Å². The summed E-state index contributed by atoms with van der Waals surface area (Å²) in [6, 6.07) is 5.78. The van der Waals surface area contributed by atoms with E-state index in [-0.39, 0.29) is 12.8 Å². The van der Waals surface area contributed by atoms with Crippen LogP contribution in [-0.4, -0.2) is 26.7 Å². The first-order chi connectivity index (χ1) is 9.38. The van der Waals surface area contributed by atoms with Crippen LogP contribution in [0.15, 0.2) is 28.9 Å². The molecule has 1 aromatic carbocycles. The van der Waals surface area contributed by atoms with E-state index >= 15 is 0 Å². The molecular formula is C14H14BrNO4. The first-order valence-corrected chi connectivity index (χ1v) is 6.86. The molecule has 1 atom stereocenters. The zero-order valence-corrected chi connectivity index (χ0v) is 12.4. The number of carbonyl (C=O) groups is 2. The lowest BCUT2D eigenvalue weighted by Gasteiger charge is -2.08. The Morgan fingerprint density at radius 1 is 1.35 bits per heavy atom. The second-order valence-electron chi connectivity index (χ2n) is 4.76. The molecule has 0 spiro atoms. The highest BCUT2D eigenvalue weighted by Crippen LogP contribution is 2.27. The number of nitrogens with zero attached hydrogens (tertiary/aromatic N) is 1. The molecular weight excluding hydrogens is 326 g/mol. The zero-order chi connectivity index (χ0) is 14.9. The molecule has 106 valence electrons. The fourth-order valence-corrected chi connectivity index (χ4v) is 2.69. The number of carboxylic acids is 2. The second kappa shape index (κ2) is 5.66. The molecule has 0 saturated heterocycles. The summed E-state index contributed by atoms with van der Waals surface area (Å²) in [6.45, 7) is 0. The Bertz CT molecular complexity index is 677. The van der Waals surface area contributed by atoms with Gasteiger partial charge in [-0.05, 0) is 30.2 Å². The Balaban J connectivity index is 2.39. The maximum Gasteiger partial charge on any atom is 0.307 e. The van der Waals surface area contributed by atoms with Crippen molar-refractivity contribution in [1.82, 2.24) is 4.57 Å². The summed E-state index contributed by atoms with van der Waals surface area (Å²) >= 11 is 3.39. The minimum absolute atomic E-state index is 0.204. The molecule has 0 aliphatic carbocycles. The lowest BCUT2D eigenvalue weighted by atomic mass is 9.96. The smallest absolute Gasteiger partial charge is 0.307 e. The van der Waals surface area contributed by atoms with Gasteiger partial charge in [0.05, 0.1) is 12.3 Å². The Kier molecular flexibility index (Phi) is 4.13. The normalized spacial score (nSPS) is 12.5. The third-order valence-corrected chi connectivity index (χ3v) is 3.76. The number of fused-ring (bicyclic) bond motifs is 1. The van der Waals surface area contributed by atoms with E-state index in [4.69, 9.17) is 10.2 Å². The van der Waals surface area contributed by atoms with Crippen LogP contribution in [0.5, 0.6) is 0 Å². The van der Waals surface area contributed by atoms with Crippen LogP contribution in [0.2, 0.25) is 0 Å². The summed E-state index contributed by atoms with van der Waals surface area (Å²) in [5.74, 6) is -3.10. The summed E-state index contributed by atoms with van der Waals surface area (Å²) in [5.41, 5.74) is 1.83. The maximum absolute atomic E-state index is 11.2. The first kappa shape index (κ1) is 14.6. The van der Waals surface area contributed by atoms with E-state index in [1.165, 1.54) is 0 Å². The van der Waals surface area contributed by atoms with Crippen LogP contribution in [0.4, 0.5) is 0 Å². The average Bonchev–Trinajstić information content (AvgIpc) is 2.64. The van der Waals surface area contributed by atoms with Crippen LogP contribution in [0.25, 0.3) is 10.9 Å². The molecule has 1 heterocycles. The zero-order valence-electron chi connectivity index (χ0n) is 10.8. The number of hydrogen-bond donors (Lipinski definition) is 2. The molecule has 0 unspecified atom stereocenters. The highest BCUT2D eigenvalue weighted by Gasteiger charge is 2.23. The van der Waals surface area contributed by atoms with Gasteiger partial charge >= 0.3 is 11.9 Å². The van der Waals surface area contributed by atoms with Crippen molar-refractivity contribution in [2.45, 2.75) is 12.8 Å². The Labute approximate surface area is 124 Å². The first-order valence-electron chi connectivity index (χ1n) is 6.06. The summed E-state index contributed by atoms with van der Waals surface area (Å²) in [7, 11) is 1.88. The highest BCUT2D eigenvalue weighted by atomic mass is 79.9. The van der Waals surface area contributed by atoms with E-state index in [1.807, 2.05) is 36.0 Å². The number of rotatable bonds is 5. The van der Waals surface area contributed by atoms with Crippen molar-refractivity contribution < 1.29 is 19.8 Å². The van der Waals surface area contributed by atoms with Gasteiger partial charge in [0.15, 0.2) is 0 Å². The van der Waals surface area contributed by atoms with Gasteiger partial charge in [0.2, 0.25) is 0 Å². The predicted molar refractivity (Wildman–Crippen MR) is 77.7 cm³/mol. The van der Waals surface area contributed by atoms with Gasteiger partial charge in [-0.15, -0.1) is 0 Å². The van der Waals surface area contributed by atoms with Crippen molar-refractivity contribution in [3.05, 3.63) is 34.4 Å². The van der Waals surface area contributed by atoms with Crippen molar-refractivity contribution in [1.29, 1.82) is 0 Å². The van der Waals surface area contributed by atoms with Gasteiger partial charge in [0, 0.05) is 28.6 Å². The Hall–Kier alpha value is -1.82. The van der Waals surface area contributed by atoms with Crippen molar-refractivity contribution in [3.8, 4) is 0 Å². The van der Waals surface area contributed by atoms with Gasteiger partial charge in [0.1, 0.15) is 0 Å². The molecule has 0 saturated carbocycles. The van der Waals surface area contributed by atoms with E-state index in [1.54, 1.807) is 0 Å². The fourth-order valence-electron chi connectivity index (χ4n) is 2.33. The molecule has 20 heavy (non-hydrogen) atoms. The largest absolute Gasteiger partial charge is 0.481 e. The monoisotopic (exact) mass is 339 g/mol. The van der Waals surface area contributed by atoms with Gasteiger partial charge < -0.3 is 14.8 Å². The number of halogens is 1. The van der Waals surface area contributed by atoms with Crippen LogP contribution in [0.1, 0.15) is 12.0 Å². The molecule has 0 fully saturated rings. The van der Waals surface area contributed by atoms with Crippen LogP contribution < -0.4 is 0 Å². The van der Waals surface area contributed by atoms with Gasteiger partial charge in [0.25, 0.3) is 0 Å². The second-order valence-corrected chi connectivity index (χ2v) is 5.68. The SMILES string of the molecule is Cn1cc(C[C@@H](CC(=O)O)C(=O)O)c2cc(Br)ccc21. The molecule has 2 rings (SSSR count). The number of carboxylic acid groups (broad SMARTS) is 2. The van der Waals surface area contributed by atoms with Crippen molar-refractivity contribution >= 4 is 38.8 Å². The van der Waals surface area contributed by atoms with Crippen molar-refractivity contribution in [2.24, 2.45) is 13.0 Å². The van der Waals surface area contributed by atoms with Crippen LogP contribution in [0, 0.1) is 5.92 Å². The summed E-state index contributed by atoms with van der Waals surface area (Å²) in [5, 5.41) is 18.9.